The highest BCUT2D eigenvalue weighted by Crippen LogP contribution is 2.26. The smallest absolute Gasteiger partial charge is 0.257 e. The molecule has 1 aromatic carbocycles. The first-order valence-electron chi connectivity index (χ1n) is 6.12. The minimum Gasteiger partial charge on any atom is -0.334 e. The van der Waals surface area contributed by atoms with Gasteiger partial charge in [-0.25, -0.2) is 13.2 Å². The Morgan fingerprint density at radius 2 is 2.05 bits per heavy atom. The molecule has 1 aromatic rings. The van der Waals surface area contributed by atoms with Gasteiger partial charge in [0.2, 0.25) is 0 Å². The summed E-state index contributed by atoms with van der Waals surface area (Å²) in [6.07, 6.45) is 0.763. The van der Waals surface area contributed by atoms with Crippen molar-refractivity contribution in [1.82, 2.24) is 4.90 Å². The van der Waals surface area contributed by atoms with Crippen molar-refractivity contribution >= 4 is 5.91 Å². The standard InChI is InChI=1S/C13H15F3N2O/c1-7-4-5-18(10(7)6-17)13(19)8-2-3-9(14)12(16)11(8)15/h2-3,7,10H,4-6,17H2,1H3. The molecule has 3 nitrogen and oxygen atoms in total. The Labute approximate surface area is 109 Å². The van der Waals surface area contributed by atoms with Crippen molar-refractivity contribution in [2.75, 3.05) is 13.1 Å². The molecule has 0 radical (unpaired) electrons. The van der Waals surface area contributed by atoms with E-state index in [1.807, 2.05) is 6.92 Å². The van der Waals surface area contributed by atoms with Crippen molar-refractivity contribution in [2.24, 2.45) is 11.7 Å². The van der Waals surface area contributed by atoms with E-state index >= 15 is 0 Å². The SMILES string of the molecule is CC1CCN(C(=O)c2ccc(F)c(F)c2F)C1CN. The highest BCUT2D eigenvalue weighted by molar-refractivity contribution is 5.95. The van der Waals surface area contributed by atoms with Crippen LogP contribution in [0.4, 0.5) is 13.2 Å². The van der Waals surface area contributed by atoms with E-state index in [-0.39, 0.29) is 18.5 Å². The Morgan fingerprint density at radius 1 is 1.37 bits per heavy atom. The molecule has 1 aliphatic heterocycles. The van der Waals surface area contributed by atoms with Gasteiger partial charge in [-0.2, -0.15) is 0 Å². The first-order valence-corrected chi connectivity index (χ1v) is 6.12. The molecule has 2 rings (SSSR count). The third kappa shape index (κ3) is 2.32. The van der Waals surface area contributed by atoms with E-state index in [4.69, 9.17) is 5.73 Å². The van der Waals surface area contributed by atoms with Crippen molar-refractivity contribution in [1.29, 1.82) is 0 Å². The largest absolute Gasteiger partial charge is 0.334 e. The molecule has 19 heavy (non-hydrogen) atoms. The fraction of sp³-hybridized carbons (Fsp3) is 0.462. The first-order chi connectivity index (χ1) is 8.97. The van der Waals surface area contributed by atoms with Crippen LogP contribution in [-0.2, 0) is 0 Å². The highest BCUT2D eigenvalue weighted by Gasteiger charge is 2.35. The fourth-order valence-corrected chi connectivity index (χ4v) is 2.47. The summed E-state index contributed by atoms with van der Waals surface area (Å²) in [6, 6.07) is 1.52. The van der Waals surface area contributed by atoms with Crippen molar-refractivity contribution in [2.45, 2.75) is 19.4 Å². The van der Waals surface area contributed by atoms with Crippen LogP contribution < -0.4 is 5.73 Å². The Morgan fingerprint density at radius 3 is 2.68 bits per heavy atom. The summed E-state index contributed by atoms with van der Waals surface area (Å²) in [4.78, 5) is 13.6. The van der Waals surface area contributed by atoms with Crippen molar-refractivity contribution in [3.63, 3.8) is 0 Å². The molecule has 1 heterocycles. The lowest BCUT2D eigenvalue weighted by Gasteiger charge is -2.26. The van der Waals surface area contributed by atoms with Crippen molar-refractivity contribution < 1.29 is 18.0 Å². The summed E-state index contributed by atoms with van der Waals surface area (Å²) in [5.74, 6) is -4.81. The van der Waals surface area contributed by atoms with Crippen molar-refractivity contribution in [3.05, 3.63) is 35.1 Å². The number of carbonyl (C=O) groups excluding carboxylic acids is 1. The molecule has 2 unspecified atom stereocenters. The van der Waals surface area contributed by atoms with Gasteiger partial charge >= 0.3 is 0 Å². The lowest BCUT2D eigenvalue weighted by Crippen LogP contribution is -2.42. The molecule has 2 atom stereocenters. The summed E-state index contributed by atoms with van der Waals surface area (Å²) < 4.78 is 39.6. The second-order valence-corrected chi connectivity index (χ2v) is 4.79. The van der Waals surface area contributed by atoms with Crippen molar-refractivity contribution in [3.8, 4) is 0 Å². The average molecular weight is 272 g/mol. The Bertz CT molecular complexity index is 507. The maximum absolute atomic E-state index is 13.6. The zero-order chi connectivity index (χ0) is 14.2. The number of amides is 1. The van der Waals surface area contributed by atoms with Crippen LogP contribution in [0, 0.1) is 23.4 Å². The van der Waals surface area contributed by atoms with Crippen LogP contribution in [0.3, 0.4) is 0 Å². The summed E-state index contributed by atoms with van der Waals surface area (Å²) in [5, 5.41) is 0. The van der Waals surface area contributed by atoms with Gasteiger partial charge in [-0.1, -0.05) is 6.92 Å². The van der Waals surface area contributed by atoms with Crippen LogP contribution in [0.1, 0.15) is 23.7 Å². The number of rotatable bonds is 2. The zero-order valence-electron chi connectivity index (χ0n) is 10.5. The molecule has 6 heteroatoms. The van der Waals surface area contributed by atoms with Gasteiger partial charge in [-0.3, -0.25) is 4.79 Å². The second-order valence-electron chi connectivity index (χ2n) is 4.79. The van der Waals surface area contributed by atoms with Crippen LogP contribution in [0.5, 0.6) is 0 Å². The number of hydrogen-bond acceptors (Lipinski definition) is 2. The van der Waals surface area contributed by atoms with Gasteiger partial charge in [0.15, 0.2) is 17.5 Å². The molecule has 104 valence electrons. The quantitative estimate of drug-likeness (QED) is 0.836. The number of benzene rings is 1. The number of nitrogens with zero attached hydrogens (tertiary/aromatic N) is 1. The highest BCUT2D eigenvalue weighted by atomic mass is 19.2. The normalized spacial score (nSPS) is 22.9. The van der Waals surface area contributed by atoms with E-state index in [1.165, 1.54) is 4.90 Å². The lowest BCUT2D eigenvalue weighted by atomic mass is 10.0. The number of halogens is 3. The zero-order valence-corrected chi connectivity index (χ0v) is 10.5. The minimum atomic E-state index is -1.62. The van der Waals surface area contributed by atoms with E-state index in [9.17, 15) is 18.0 Å². The summed E-state index contributed by atoms with van der Waals surface area (Å²) >= 11 is 0. The molecule has 1 aliphatic rings. The van der Waals surface area contributed by atoms with Gasteiger partial charge < -0.3 is 10.6 Å². The summed E-state index contributed by atoms with van der Waals surface area (Å²) in [7, 11) is 0. The number of likely N-dealkylation sites (tertiary alicyclic amines) is 1. The fourth-order valence-electron chi connectivity index (χ4n) is 2.47. The van der Waals surface area contributed by atoms with Crippen LogP contribution in [0.2, 0.25) is 0 Å². The van der Waals surface area contributed by atoms with E-state index in [0.29, 0.717) is 6.54 Å². The third-order valence-corrected chi connectivity index (χ3v) is 3.65. The molecular weight excluding hydrogens is 257 g/mol. The first kappa shape index (κ1) is 13.9. The summed E-state index contributed by atoms with van der Waals surface area (Å²) in [5.41, 5.74) is 5.15. The molecule has 0 spiro atoms. The van der Waals surface area contributed by atoms with Crippen LogP contribution in [-0.4, -0.2) is 29.9 Å². The molecule has 0 saturated carbocycles. The lowest BCUT2D eigenvalue weighted by molar-refractivity contribution is 0.0721. The van der Waals surface area contributed by atoms with Gasteiger partial charge in [0.1, 0.15) is 0 Å². The third-order valence-electron chi connectivity index (χ3n) is 3.65. The van der Waals surface area contributed by atoms with Crippen LogP contribution >= 0.6 is 0 Å². The number of carbonyl (C=O) groups is 1. The average Bonchev–Trinajstić information content (AvgIpc) is 2.76. The Kier molecular flexibility index (Phi) is 3.80. The minimum absolute atomic E-state index is 0.194. The van der Waals surface area contributed by atoms with Crippen LogP contribution in [0.25, 0.3) is 0 Å². The molecular formula is C13H15F3N2O. The predicted molar refractivity (Wildman–Crippen MR) is 64.0 cm³/mol. The number of hydrogen-bond donors (Lipinski definition) is 1. The molecule has 0 aromatic heterocycles. The maximum atomic E-state index is 13.6. The maximum Gasteiger partial charge on any atom is 0.257 e. The topological polar surface area (TPSA) is 46.3 Å². The van der Waals surface area contributed by atoms with Gasteiger partial charge in [0.05, 0.1) is 5.56 Å². The molecule has 1 amide bonds. The monoisotopic (exact) mass is 272 g/mol. The molecule has 1 saturated heterocycles. The van der Waals surface area contributed by atoms with E-state index in [0.717, 1.165) is 18.6 Å². The number of nitrogens with two attached hydrogens (primary N) is 1. The van der Waals surface area contributed by atoms with E-state index in [2.05, 4.69) is 0 Å². The van der Waals surface area contributed by atoms with Gasteiger partial charge in [-0.15, -0.1) is 0 Å². The summed E-state index contributed by atoms with van der Waals surface area (Å²) in [6.45, 7) is 2.66. The Hall–Kier alpha value is -1.56. The molecule has 2 N–H and O–H groups in total. The van der Waals surface area contributed by atoms with E-state index < -0.39 is 28.9 Å². The molecule has 0 aliphatic carbocycles. The predicted octanol–water partition coefficient (Wildman–Crippen LogP) is 1.91. The van der Waals surface area contributed by atoms with Gasteiger partial charge in [-0.05, 0) is 24.5 Å². The van der Waals surface area contributed by atoms with Gasteiger partial charge in [0, 0.05) is 19.1 Å². The molecule has 0 bridgehead atoms. The second kappa shape index (κ2) is 5.21. The van der Waals surface area contributed by atoms with Gasteiger partial charge in [0.25, 0.3) is 5.91 Å². The van der Waals surface area contributed by atoms with Crippen LogP contribution in [0.15, 0.2) is 12.1 Å². The Balaban J connectivity index is 2.33. The van der Waals surface area contributed by atoms with E-state index in [1.54, 1.807) is 0 Å². The molecule has 1 fully saturated rings.